The SMILES string of the molecule is NC(=NS(=O)(=O)c1ccoc1)NCc1cnc(-c2ccc(Cl)cc2)c(-c2ccc(Cl)cc2)c1. The van der Waals surface area contributed by atoms with Crippen molar-refractivity contribution in [2.45, 2.75) is 11.4 Å². The number of pyridine rings is 1. The molecule has 4 aromatic rings. The summed E-state index contributed by atoms with van der Waals surface area (Å²) in [6.45, 7) is 0.213. The van der Waals surface area contributed by atoms with Gasteiger partial charge in [-0.25, -0.2) is 0 Å². The molecule has 4 rings (SSSR count). The molecule has 0 unspecified atom stereocenters. The number of furan rings is 1. The fourth-order valence-electron chi connectivity index (χ4n) is 3.10. The second-order valence-corrected chi connectivity index (χ2v) is 9.49. The maximum atomic E-state index is 12.2. The van der Waals surface area contributed by atoms with Gasteiger partial charge < -0.3 is 15.5 Å². The lowest BCUT2D eigenvalue weighted by Crippen LogP contribution is -2.32. The van der Waals surface area contributed by atoms with Crippen LogP contribution in [0.15, 0.2) is 93.1 Å². The van der Waals surface area contributed by atoms with E-state index in [0.29, 0.717) is 10.0 Å². The molecule has 0 fully saturated rings. The van der Waals surface area contributed by atoms with Crippen molar-refractivity contribution < 1.29 is 12.8 Å². The number of nitrogens with one attached hydrogen (secondary N) is 1. The van der Waals surface area contributed by atoms with Gasteiger partial charge in [0, 0.05) is 33.9 Å². The predicted octanol–water partition coefficient (Wildman–Crippen LogP) is 5.11. The molecule has 10 heteroatoms. The number of nitrogens with two attached hydrogens (primary N) is 1. The second kappa shape index (κ2) is 9.66. The molecule has 0 spiro atoms. The van der Waals surface area contributed by atoms with Crippen molar-refractivity contribution in [1.29, 1.82) is 0 Å². The van der Waals surface area contributed by atoms with Gasteiger partial charge in [0.25, 0.3) is 10.0 Å². The number of hydrogen-bond acceptors (Lipinski definition) is 4. The van der Waals surface area contributed by atoms with Crippen LogP contribution < -0.4 is 11.1 Å². The zero-order chi connectivity index (χ0) is 23.4. The quantitative estimate of drug-likeness (QED) is 0.281. The topological polar surface area (TPSA) is 111 Å². The first-order valence-corrected chi connectivity index (χ1v) is 11.9. The number of rotatable bonds is 6. The van der Waals surface area contributed by atoms with Crippen LogP contribution in [-0.4, -0.2) is 19.4 Å². The summed E-state index contributed by atoms with van der Waals surface area (Å²) < 4.78 is 32.8. The van der Waals surface area contributed by atoms with Crippen molar-refractivity contribution in [3.05, 3.63) is 95.0 Å². The summed E-state index contributed by atoms with van der Waals surface area (Å²) in [6, 6.07) is 18.1. The number of guanidine groups is 1. The molecule has 168 valence electrons. The summed E-state index contributed by atoms with van der Waals surface area (Å²) in [5, 5.41) is 4.07. The number of nitrogens with zero attached hydrogens (tertiary/aromatic N) is 2. The number of sulfonamides is 1. The lowest BCUT2D eigenvalue weighted by Gasteiger charge is -2.13. The standard InChI is InChI=1S/C23H18Cl2N4O3S/c24-18-5-1-16(2-6-18)21-11-15(12-27-22(21)17-3-7-19(25)8-4-17)13-28-23(26)29-33(30,31)20-9-10-32-14-20/h1-12,14H,13H2,(H3,26,28,29). The molecule has 7 nitrogen and oxygen atoms in total. The van der Waals surface area contributed by atoms with Crippen LogP contribution in [0.1, 0.15) is 5.56 Å². The van der Waals surface area contributed by atoms with Crippen LogP contribution in [-0.2, 0) is 16.6 Å². The molecular formula is C23H18Cl2N4O3S. The van der Waals surface area contributed by atoms with Crippen LogP contribution >= 0.6 is 23.2 Å². The molecule has 0 saturated carbocycles. The van der Waals surface area contributed by atoms with Gasteiger partial charge in [0.15, 0.2) is 0 Å². The minimum Gasteiger partial charge on any atom is -0.471 e. The Morgan fingerprint density at radius 1 is 1.00 bits per heavy atom. The summed E-state index contributed by atoms with van der Waals surface area (Å²) in [5.74, 6) is -0.244. The second-order valence-electron chi connectivity index (χ2n) is 7.02. The van der Waals surface area contributed by atoms with Crippen LogP contribution in [0.25, 0.3) is 22.4 Å². The first-order valence-electron chi connectivity index (χ1n) is 9.69. The Morgan fingerprint density at radius 2 is 1.64 bits per heavy atom. The van der Waals surface area contributed by atoms with Crippen molar-refractivity contribution in [3.63, 3.8) is 0 Å². The number of benzene rings is 2. The minimum absolute atomic E-state index is 0.0775. The van der Waals surface area contributed by atoms with Crippen molar-refractivity contribution in [2.24, 2.45) is 10.1 Å². The number of aromatic nitrogens is 1. The summed E-state index contributed by atoms with van der Waals surface area (Å²) in [7, 11) is -3.95. The van der Waals surface area contributed by atoms with Crippen molar-refractivity contribution in [3.8, 4) is 22.4 Å². The van der Waals surface area contributed by atoms with Gasteiger partial charge in [-0.3, -0.25) is 4.98 Å². The maximum absolute atomic E-state index is 12.2. The fourth-order valence-corrected chi connectivity index (χ4v) is 4.18. The van der Waals surface area contributed by atoms with Gasteiger partial charge >= 0.3 is 0 Å². The van der Waals surface area contributed by atoms with E-state index in [9.17, 15) is 8.42 Å². The molecule has 2 aromatic carbocycles. The molecule has 0 atom stereocenters. The highest BCUT2D eigenvalue weighted by Crippen LogP contribution is 2.32. The average molecular weight is 501 g/mol. The molecule has 2 heterocycles. The molecule has 2 aromatic heterocycles. The Bertz CT molecular complexity index is 1390. The minimum atomic E-state index is -3.95. The Kier molecular flexibility index (Phi) is 6.69. The Balaban J connectivity index is 1.63. The third-order valence-corrected chi connectivity index (χ3v) is 6.47. The van der Waals surface area contributed by atoms with Gasteiger partial charge in [-0.15, -0.1) is 4.40 Å². The molecule has 0 aliphatic rings. The normalized spacial score (nSPS) is 12.0. The van der Waals surface area contributed by atoms with Crippen LogP contribution in [0.3, 0.4) is 0 Å². The van der Waals surface area contributed by atoms with Crippen molar-refractivity contribution in [2.75, 3.05) is 0 Å². The van der Waals surface area contributed by atoms with Gasteiger partial charge in [0.2, 0.25) is 5.96 Å². The van der Waals surface area contributed by atoms with Crippen molar-refractivity contribution in [1.82, 2.24) is 10.3 Å². The Hall–Kier alpha value is -3.33. The molecule has 33 heavy (non-hydrogen) atoms. The highest BCUT2D eigenvalue weighted by molar-refractivity contribution is 7.90. The molecule has 0 aliphatic heterocycles. The van der Waals surface area contributed by atoms with Crippen LogP contribution in [0.4, 0.5) is 0 Å². The molecular weight excluding hydrogens is 483 g/mol. The lowest BCUT2D eigenvalue weighted by atomic mass is 9.98. The largest absolute Gasteiger partial charge is 0.471 e. The molecule has 0 aliphatic carbocycles. The highest BCUT2D eigenvalue weighted by Gasteiger charge is 2.15. The van der Waals surface area contributed by atoms with Gasteiger partial charge in [-0.1, -0.05) is 47.5 Å². The summed E-state index contributed by atoms with van der Waals surface area (Å²) in [6.07, 6.45) is 4.02. The monoisotopic (exact) mass is 500 g/mol. The van der Waals surface area contributed by atoms with E-state index in [2.05, 4.69) is 14.7 Å². The van der Waals surface area contributed by atoms with E-state index >= 15 is 0 Å². The number of hydrogen-bond donors (Lipinski definition) is 2. The fraction of sp³-hybridized carbons (Fsp3) is 0.0435. The lowest BCUT2D eigenvalue weighted by molar-refractivity contribution is 0.556. The smallest absolute Gasteiger partial charge is 0.288 e. The van der Waals surface area contributed by atoms with E-state index in [1.165, 1.54) is 12.3 Å². The highest BCUT2D eigenvalue weighted by atomic mass is 35.5. The van der Waals surface area contributed by atoms with Crippen LogP contribution in [0, 0.1) is 0 Å². The van der Waals surface area contributed by atoms with Crippen LogP contribution in [0.5, 0.6) is 0 Å². The molecule has 0 amide bonds. The Labute approximate surface area is 200 Å². The van der Waals surface area contributed by atoms with E-state index in [1.807, 2.05) is 30.3 Å². The first-order chi connectivity index (χ1) is 15.8. The van der Waals surface area contributed by atoms with E-state index in [-0.39, 0.29) is 17.4 Å². The summed E-state index contributed by atoms with van der Waals surface area (Å²) in [5.41, 5.74) is 10.0. The number of halogens is 2. The van der Waals surface area contributed by atoms with Gasteiger partial charge in [-0.2, -0.15) is 8.42 Å². The van der Waals surface area contributed by atoms with Gasteiger partial charge in [0.05, 0.1) is 12.0 Å². The van der Waals surface area contributed by atoms with E-state index < -0.39 is 10.0 Å². The zero-order valence-electron chi connectivity index (χ0n) is 17.1. The molecule has 3 N–H and O–H groups in total. The third kappa shape index (κ3) is 5.54. The zero-order valence-corrected chi connectivity index (χ0v) is 19.4. The first kappa shape index (κ1) is 22.8. The maximum Gasteiger partial charge on any atom is 0.288 e. The van der Waals surface area contributed by atoms with E-state index in [0.717, 1.165) is 34.2 Å². The van der Waals surface area contributed by atoms with E-state index in [1.54, 1.807) is 30.5 Å². The third-order valence-electron chi connectivity index (χ3n) is 4.70. The van der Waals surface area contributed by atoms with Gasteiger partial charge in [0.1, 0.15) is 11.2 Å². The molecule has 0 radical (unpaired) electrons. The van der Waals surface area contributed by atoms with Gasteiger partial charge in [-0.05, 0) is 47.5 Å². The molecule has 0 bridgehead atoms. The molecule has 0 saturated heterocycles. The predicted molar refractivity (Wildman–Crippen MR) is 129 cm³/mol. The average Bonchev–Trinajstić information content (AvgIpc) is 3.35. The van der Waals surface area contributed by atoms with Crippen molar-refractivity contribution >= 4 is 39.2 Å². The van der Waals surface area contributed by atoms with E-state index in [4.69, 9.17) is 33.4 Å². The Morgan fingerprint density at radius 3 is 2.24 bits per heavy atom. The summed E-state index contributed by atoms with van der Waals surface area (Å²) in [4.78, 5) is 4.57. The van der Waals surface area contributed by atoms with Crippen LogP contribution in [0.2, 0.25) is 10.0 Å². The summed E-state index contributed by atoms with van der Waals surface area (Å²) >= 11 is 12.1.